The van der Waals surface area contributed by atoms with E-state index < -0.39 is 17.7 Å². The number of aliphatic hydroxyl groups is 1. The SMILES string of the molecule is COc1cc(C)c(/C(O)=C2\C(=O)C(=O)N(Cc3cccnc3)C2c2cc(OC)c(OC)c(OC)c2)cc1C(C)C. The van der Waals surface area contributed by atoms with Crippen molar-refractivity contribution in [3.05, 3.63) is 82.2 Å². The van der Waals surface area contributed by atoms with Crippen molar-refractivity contribution in [2.75, 3.05) is 28.4 Å². The van der Waals surface area contributed by atoms with Crippen LogP contribution in [0.25, 0.3) is 5.76 Å². The van der Waals surface area contributed by atoms with E-state index in [0.29, 0.717) is 39.7 Å². The fourth-order valence-corrected chi connectivity index (χ4v) is 5.06. The minimum absolute atomic E-state index is 0.0360. The highest BCUT2D eigenvalue weighted by Gasteiger charge is 2.47. The van der Waals surface area contributed by atoms with Crippen LogP contribution in [0.1, 0.15) is 53.6 Å². The van der Waals surface area contributed by atoms with Crippen LogP contribution in [0.4, 0.5) is 0 Å². The summed E-state index contributed by atoms with van der Waals surface area (Å²) in [5.41, 5.74) is 3.20. The van der Waals surface area contributed by atoms with Crippen LogP contribution in [0.2, 0.25) is 0 Å². The Labute approximate surface area is 234 Å². The highest BCUT2D eigenvalue weighted by Crippen LogP contribution is 2.46. The van der Waals surface area contributed by atoms with Crippen molar-refractivity contribution in [3.8, 4) is 23.0 Å². The Morgan fingerprint density at radius 3 is 2.15 bits per heavy atom. The van der Waals surface area contributed by atoms with Crippen LogP contribution >= 0.6 is 0 Å². The van der Waals surface area contributed by atoms with Gasteiger partial charge in [-0.15, -0.1) is 0 Å². The molecule has 1 saturated heterocycles. The molecule has 2 aromatic carbocycles. The summed E-state index contributed by atoms with van der Waals surface area (Å²) in [5, 5.41) is 11.8. The van der Waals surface area contributed by atoms with Gasteiger partial charge in [-0.2, -0.15) is 0 Å². The number of hydrogen-bond acceptors (Lipinski definition) is 8. The van der Waals surface area contributed by atoms with Crippen molar-refractivity contribution in [1.29, 1.82) is 0 Å². The second-order valence-electron chi connectivity index (χ2n) is 9.81. The predicted octanol–water partition coefficient (Wildman–Crippen LogP) is 5.17. The van der Waals surface area contributed by atoms with Crippen molar-refractivity contribution in [3.63, 3.8) is 0 Å². The number of Topliss-reactive ketones (excluding diaryl/α,β-unsaturated/α-hetero) is 1. The van der Waals surface area contributed by atoms with E-state index in [9.17, 15) is 14.7 Å². The average Bonchev–Trinajstić information content (AvgIpc) is 3.20. The number of carbonyl (C=O) groups excluding carboxylic acids is 2. The van der Waals surface area contributed by atoms with Crippen LogP contribution in [0.5, 0.6) is 23.0 Å². The van der Waals surface area contributed by atoms with Gasteiger partial charge in [0.15, 0.2) is 11.5 Å². The van der Waals surface area contributed by atoms with Crippen LogP contribution in [0.15, 0.2) is 54.4 Å². The third-order valence-corrected chi connectivity index (χ3v) is 7.07. The van der Waals surface area contributed by atoms with E-state index in [-0.39, 0.29) is 23.8 Å². The van der Waals surface area contributed by atoms with E-state index in [2.05, 4.69) is 4.98 Å². The van der Waals surface area contributed by atoms with Crippen molar-refractivity contribution in [2.24, 2.45) is 0 Å². The Hall–Kier alpha value is -4.53. The lowest BCUT2D eigenvalue weighted by molar-refractivity contribution is -0.140. The maximum Gasteiger partial charge on any atom is 0.295 e. The number of aryl methyl sites for hydroxylation is 1. The molecule has 9 heteroatoms. The van der Waals surface area contributed by atoms with E-state index in [1.807, 2.05) is 39.0 Å². The third kappa shape index (κ3) is 5.06. The molecule has 0 spiro atoms. The zero-order chi connectivity index (χ0) is 29.1. The van der Waals surface area contributed by atoms with Crippen molar-refractivity contribution >= 4 is 17.4 Å². The molecule has 1 unspecified atom stereocenters. The van der Waals surface area contributed by atoms with Gasteiger partial charge in [-0.3, -0.25) is 14.6 Å². The molecule has 1 fully saturated rings. The van der Waals surface area contributed by atoms with Gasteiger partial charge in [0, 0.05) is 24.5 Å². The van der Waals surface area contributed by atoms with Crippen LogP contribution in [-0.2, 0) is 16.1 Å². The molecule has 1 aliphatic heterocycles. The van der Waals surface area contributed by atoms with Crippen molar-refractivity contribution < 1.29 is 33.6 Å². The van der Waals surface area contributed by atoms with Gasteiger partial charge in [-0.1, -0.05) is 19.9 Å². The summed E-state index contributed by atoms with van der Waals surface area (Å²) in [6.45, 7) is 5.94. The number of aromatic nitrogens is 1. The Balaban J connectivity index is 2.00. The molecule has 40 heavy (non-hydrogen) atoms. The minimum Gasteiger partial charge on any atom is -0.507 e. The molecule has 0 saturated carbocycles. The largest absolute Gasteiger partial charge is 0.507 e. The van der Waals surface area contributed by atoms with Gasteiger partial charge < -0.3 is 29.0 Å². The van der Waals surface area contributed by atoms with Gasteiger partial charge in [0.25, 0.3) is 11.7 Å². The van der Waals surface area contributed by atoms with Gasteiger partial charge in [0.05, 0.1) is 40.1 Å². The number of hydrogen-bond donors (Lipinski definition) is 1. The standard InChI is InChI=1S/C31H34N2O7/c1-17(2)21-14-22(18(3)11-23(21)37-4)28(34)26-27(20-12-24(38-5)30(40-7)25(13-20)39-6)33(31(36)29(26)35)16-19-9-8-10-32-15-19/h8-15,17,27,34H,16H2,1-7H3/b28-26+. The summed E-state index contributed by atoms with van der Waals surface area (Å²) < 4.78 is 22.2. The van der Waals surface area contributed by atoms with E-state index in [1.54, 1.807) is 37.7 Å². The zero-order valence-electron chi connectivity index (χ0n) is 23.8. The number of carbonyl (C=O) groups is 2. The van der Waals surface area contributed by atoms with Crippen LogP contribution < -0.4 is 18.9 Å². The number of ether oxygens (including phenoxy) is 4. The number of likely N-dealkylation sites (tertiary alicyclic amines) is 1. The van der Waals surface area contributed by atoms with E-state index in [1.165, 1.54) is 26.2 Å². The molecule has 210 valence electrons. The molecular formula is C31H34N2O7. The molecule has 1 amide bonds. The second kappa shape index (κ2) is 11.7. The number of nitrogens with zero attached hydrogens (tertiary/aromatic N) is 2. The van der Waals surface area contributed by atoms with Crippen LogP contribution in [-0.4, -0.2) is 55.1 Å². The first-order valence-electron chi connectivity index (χ1n) is 12.8. The van der Waals surface area contributed by atoms with Crippen molar-refractivity contribution in [2.45, 2.75) is 39.3 Å². The van der Waals surface area contributed by atoms with Crippen LogP contribution in [0, 0.1) is 6.92 Å². The van der Waals surface area contributed by atoms with E-state index in [4.69, 9.17) is 18.9 Å². The molecule has 0 aliphatic carbocycles. The van der Waals surface area contributed by atoms with Crippen molar-refractivity contribution in [1.82, 2.24) is 9.88 Å². The highest BCUT2D eigenvalue weighted by molar-refractivity contribution is 6.46. The maximum atomic E-state index is 13.7. The molecule has 1 aliphatic rings. The molecule has 1 aromatic heterocycles. The molecule has 0 radical (unpaired) electrons. The third-order valence-electron chi connectivity index (χ3n) is 7.07. The number of amides is 1. The number of pyridine rings is 1. The smallest absolute Gasteiger partial charge is 0.295 e. The molecular weight excluding hydrogens is 512 g/mol. The fourth-order valence-electron chi connectivity index (χ4n) is 5.06. The van der Waals surface area contributed by atoms with Gasteiger partial charge in [0.2, 0.25) is 5.75 Å². The summed E-state index contributed by atoms with van der Waals surface area (Å²) in [5.74, 6) is 0.0422. The van der Waals surface area contributed by atoms with Gasteiger partial charge in [0.1, 0.15) is 11.5 Å². The first-order valence-corrected chi connectivity index (χ1v) is 12.8. The maximum absolute atomic E-state index is 13.7. The zero-order valence-corrected chi connectivity index (χ0v) is 23.8. The summed E-state index contributed by atoms with van der Waals surface area (Å²) in [7, 11) is 6.06. The molecule has 0 bridgehead atoms. The summed E-state index contributed by atoms with van der Waals surface area (Å²) in [6.07, 6.45) is 3.27. The normalized spacial score (nSPS) is 16.4. The molecule has 3 aromatic rings. The fraction of sp³-hybridized carbons (Fsp3) is 0.323. The Morgan fingerprint density at radius 1 is 0.975 bits per heavy atom. The quantitative estimate of drug-likeness (QED) is 0.223. The average molecular weight is 547 g/mol. The Kier molecular flexibility index (Phi) is 8.32. The lowest BCUT2D eigenvalue weighted by Gasteiger charge is -2.27. The topological polar surface area (TPSA) is 107 Å². The summed E-state index contributed by atoms with van der Waals surface area (Å²) in [6, 6.07) is 9.64. The summed E-state index contributed by atoms with van der Waals surface area (Å²) >= 11 is 0. The summed E-state index contributed by atoms with van der Waals surface area (Å²) in [4.78, 5) is 32.8. The Morgan fingerprint density at radius 2 is 1.62 bits per heavy atom. The monoisotopic (exact) mass is 546 g/mol. The second-order valence-corrected chi connectivity index (χ2v) is 9.81. The molecule has 4 rings (SSSR count). The molecule has 2 heterocycles. The number of aliphatic hydroxyl groups excluding tert-OH is 1. The van der Waals surface area contributed by atoms with E-state index >= 15 is 0 Å². The number of ketones is 1. The van der Waals surface area contributed by atoms with Gasteiger partial charge in [-0.25, -0.2) is 0 Å². The van der Waals surface area contributed by atoms with E-state index in [0.717, 1.165) is 11.1 Å². The minimum atomic E-state index is -0.946. The predicted molar refractivity (Wildman–Crippen MR) is 150 cm³/mol. The lowest BCUT2D eigenvalue weighted by Crippen LogP contribution is -2.29. The lowest BCUT2D eigenvalue weighted by atomic mass is 9.90. The number of methoxy groups -OCH3 is 4. The number of benzene rings is 2. The first-order chi connectivity index (χ1) is 19.2. The molecule has 9 nitrogen and oxygen atoms in total. The van der Waals surface area contributed by atoms with Crippen LogP contribution in [0.3, 0.4) is 0 Å². The first kappa shape index (κ1) is 28.5. The molecule has 1 atom stereocenters. The van der Waals surface area contributed by atoms with Gasteiger partial charge >= 0.3 is 0 Å². The highest BCUT2D eigenvalue weighted by atomic mass is 16.5. The molecule has 1 N–H and O–H groups in total. The van der Waals surface area contributed by atoms with Gasteiger partial charge in [-0.05, 0) is 65.4 Å². The Bertz CT molecular complexity index is 1440. The number of rotatable bonds is 9.